The van der Waals surface area contributed by atoms with Crippen molar-refractivity contribution in [3.05, 3.63) is 18.1 Å². The van der Waals surface area contributed by atoms with Gasteiger partial charge < -0.3 is 0 Å². The van der Waals surface area contributed by atoms with Gasteiger partial charge in [0.2, 0.25) is 0 Å². The highest BCUT2D eigenvalue weighted by Crippen LogP contribution is 2.63. The van der Waals surface area contributed by atoms with Gasteiger partial charge in [0.25, 0.3) is 0 Å². The molecule has 3 fully saturated rings. The molecule has 0 aliphatic heterocycles. The number of hydrogen-bond acceptors (Lipinski definition) is 1. The fourth-order valence-electron chi connectivity index (χ4n) is 6.25. The van der Waals surface area contributed by atoms with Crippen LogP contribution in [0.25, 0.3) is 0 Å². The summed E-state index contributed by atoms with van der Waals surface area (Å²) in [5, 5.41) is 0. The Morgan fingerprint density at radius 2 is 1.90 bits per heavy atom. The van der Waals surface area contributed by atoms with Gasteiger partial charge in [0, 0.05) is 11.8 Å². The minimum atomic E-state index is 0.0314. The van der Waals surface area contributed by atoms with E-state index in [9.17, 15) is 4.79 Å². The molecule has 0 aromatic carbocycles. The average molecular weight is 271 g/mol. The fourth-order valence-corrected chi connectivity index (χ4v) is 6.25. The first-order chi connectivity index (χ1) is 9.56. The minimum Gasteiger partial charge on any atom is -0.299 e. The first-order valence-corrected chi connectivity index (χ1v) is 8.60. The van der Waals surface area contributed by atoms with Gasteiger partial charge in [-0.3, -0.25) is 4.79 Å². The summed E-state index contributed by atoms with van der Waals surface area (Å²) >= 11 is 0. The zero-order valence-electron chi connectivity index (χ0n) is 13.0. The molecule has 5 atom stereocenters. The average Bonchev–Trinajstić information content (AvgIpc) is 2.74. The van der Waals surface area contributed by atoms with E-state index >= 15 is 0 Å². The van der Waals surface area contributed by atoms with Crippen molar-refractivity contribution in [2.24, 2.45) is 28.6 Å². The van der Waals surface area contributed by atoms with Crippen molar-refractivity contribution in [1.82, 2.24) is 0 Å². The van der Waals surface area contributed by atoms with Gasteiger partial charge in [0.15, 0.2) is 0 Å². The van der Waals surface area contributed by atoms with Crippen LogP contribution >= 0.6 is 0 Å². The molecule has 0 heterocycles. The van der Waals surface area contributed by atoms with Crippen molar-refractivity contribution < 1.29 is 4.79 Å². The Balaban J connectivity index is 1.71. The number of hydrogen-bond donors (Lipinski definition) is 0. The Bertz CT molecular complexity index is 476. The lowest BCUT2D eigenvalue weighted by Crippen LogP contribution is -2.49. The summed E-state index contributed by atoms with van der Waals surface area (Å²) in [6, 6.07) is 0. The van der Waals surface area contributed by atoms with E-state index in [1.165, 1.54) is 38.5 Å². The summed E-state index contributed by atoms with van der Waals surface area (Å²) in [6.45, 7) is 4.81. The van der Waals surface area contributed by atoms with Crippen LogP contribution in [0.4, 0.5) is 0 Å². The number of carbonyl (C=O) groups excluding carboxylic acids is 1. The van der Waals surface area contributed by atoms with E-state index in [2.05, 4.69) is 26.3 Å². The summed E-state index contributed by atoms with van der Waals surface area (Å²) in [5.41, 5.74) is 2.20. The van der Waals surface area contributed by atoms with Crippen molar-refractivity contribution in [1.29, 1.82) is 0 Å². The minimum absolute atomic E-state index is 0.0314. The lowest BCUT2D eigenvalue weighted by Gasteiger charge is -2.56. The van der Waals surface area contributed by atoms with Gasteiger partial charge in [-0.25, -0.2) is 0 Å². The number of fused-ring (bicyclic) bond motifs is 5. The van der Waals surface area contributed by atoms with Crippen LogP contribution in [0.3, 0.4) is 0 Å². The van der Waals surface area contributed by atoms with Crippen LogP contribution < -0.4 is 0 Å². The second-order valence-corrected chi connectivity index (χ2v) is 8.21. The molecule has 0 aromatic rings. The number of carbonyl (C=O) groups is 1. The van der Waals surface area contributed by atoms with E-state index in [4.69, 9.17) is 0 Å². The van der Waals surface area contributed by atoms with E-state index in [1.807, 2.05) is 0 Å². The van der Waals surface area contributed by atoms with Gasteiger partial charge in [0.1, 0.15) is 5.78 Å². The first kappa shape index (κ1) is 13.1. The van der Waals surface area contributed by atoms with Crippen molar-refractivity contribution in [2.45, 2.75) is 65.2 Å². The molecule has 1 radical (unpaired) electrons. The first-order valence-electron chi connectivity index (χ1n) is 8.60. The summed E-state index contributed by atoms with van der Waals surface area (Å²) in [7, 11) is 0. The van der Waals surface area contributed by atoms with Crippen molar-refractivity contribution in [3.63, 3.8) is 0 Å². The molecule has 20 heavy (non-hydrogen) atoms. The molecular formula is C19H27O. The van der Waals surface area contributed by atoms with Crippen molar-refractivity contribution in [2.75, 3.05) is 0 Å². The van der Waals surface area contributed by atoms with Crippen LogP contribution in [-0.2, 0) is 4.79 Å². The molecule has 4 aliphatic carbocycles. The third-order valence-corrected chi connectivity index (χ3v) is 7.57. The molecule has 3 saturated carbocycles. The third-order valence-electron chi connectivity index (χ3n) is 7.57. The highest BCUT2D eigenvalue weighted by molar-refractivity contribution is 5.87. The standard InChI is InChI=1S/C19H27O/c1-18-11-4-3-5-13(18)6-7-14-15-8-9-17(20)19(15,2)12-10-16(14)18/h3,6,14-16H,4-5,7-12H2,1-2H3. The maximum absolute atomic E-state index is 12.3. The molecule has 0 saturated heterocycles. The molecule has 0 N–H and O–H groups in total. The van der Waals surface area contributed by atoms with Gasteiger partial charge in [0.05, 0.1) is 0 Å². The summed E-state index contributed by atoms with van der Waals surface area (Å²) in [5.74, 6) is 2.87. The smallest absolute Gasteiger partial charge is 0.139 e. The molecule has 0 bridgehead atoms. The Kier molecular flexibility index (Phi) is 2.76. The van der Waals surface area contributed by atoms with Crippen LogP contribution in [0.15, 0.2) is 11.6 Å². The summed E-state index contributed by atoms with van der Waals surface area (Å²) in [6.07, 6.45) is 14.6. The molecule has 5 unspecified atom stereocenters. The monoisotopic (exact) mass is 271 g/mol. The molecule has 4 aliphatic rings. The maximum Gasteiger partial charge on any atom is 0.139 e. The normalized spacial score (nSPS) is 51.0. The van der Waals surface area contributed by atoms with Crippen LogP contribution in [0.1, 0.15) is 65.2 Å². The van der Waals surface area contributed by atoms with E-state index < -0.39 is 0 Å². The number of Topliss-reactive ketones (excluding diaryl/α,β-unsaturated/α-hetero) is 1. The molecule has 0 amide bonds. The molecule has 4 rings (SSSR count). The molecule has 1 heteroatoms. The third kappa shape index (κ3) is 1.53. The molecule has 1 nitrogen and oxygen atoms in total. The van der Waals surface area contributed by atoms with E-state index in [-0.39, 0.29) is 5.41 Å². The largest absolute Gasteiger partial charge is 0.299 e. The lowest BCUT2D eigenvalue weighted by molar-refractivity contribution is -0.131. The Morgan fingerprint density at radius 1 is 1.10 bits per heavy atom. The Hall–Kier alpha value is -0.590. The highest BCUT2D eigenvalue weighted by atomic mass is 16.1. The van der Waals surface area contributed by atoms with Gasteiger partial charge in [-0.05, 0) is 74.5 Å². The van der Waals surface area contributed by atoms with Gasteiger partial charge >= 0.3 is 0 Å². The number of ketones is 1. The highest BCUT2D eigenvalue weighted by Gasteiger charge is 2.58. The summed E-state index contributed by atoms with van der Waals surface area (Å²) < 4.78 is 0. The second-order valence-electron chi connectivity index (χ2n) is 8.21. The van der Waals surface area contributed by atoms with Crippen molar-refractivity contribution >= 4 is 5.78 Å². The number of allylic oxidation sites excluding steroid dienone is 2. The van der Waals surface area contributed by atoms with E-state index in [1.54, 1.807) is 5.57 Å². The zero-order chi connectivity index (χ0) is 14.0. The fraction of sp³-hybridized carbons (Fsp3) is 0.789. The molecular weight excluding hydrogens is 244 g/mol. The van der Waals surface area contributed by atoms with Crippen LogP contribution in [0, 0.1) is 35.0 Å². The number of rotatable bonds is 0. The van der Waals surface area contributed by atoms with Gasteiger partial charge in [-0.2, -0.15) is 0 Å². The topological polar surface area (TPSA) is 17.1 Å². The zero-order valence-corrected chi connectivity index (χ0v) is 13.0. The van der Waals surface area contributed by atoms with Crippen LogP contribution in [0.2, 0.25) is 0 Å². The Labute approximate surface area is 123 Å². The molecule has 0 spiro atoms. The molecule has 109 valence electrons. The van der Waals surface area contributed by atoms with Gasteiger partial charge in [-0.15, -0.1) is 0 Å². The maximum atomic E-state index is 12.3. The van der Waals surface area contributed by atoms with Gasteiger partial charge in [-0.1, -0.05) is 25.5 Å². The summed E-state index contributed by atoms with van der Waals surface area (Å²) in [4.78, 5) is 12.3. The van der Waals surface area contributed by atoms with Crippen molar-refractivity contribution in [3.8, 4) is 0 Å². The molecule has 0 aromatic heterocycles. The second kappa shape index (κ2) is 4.21. The SMILES string of the molecule is CC12CCC3C(CC=C4C[CH]CCC43C)C1CCC2=O. The van der Waals surface area contributed by atoms with Crippen LogP contribution in [-0.4, -0.2) is 5.78 Å². The van der Waals surface area contributed by atoms with E-state index in [0.29, 0.717) is 17.1 Å². The lowest BCUT2D eigenvalue weighted by atomic mass is 9.48. The quantitative estimate of drug-likeness (QED) is 0.582. The predicted molar refractivity (Wildman–Crippen MR) is 81.0 cm³/mol. The van der Waals surface area contributed by atoms with Crippen LogP contribution in [0.5, 0.6) is 0 Å². The Morgan fingerprint density at radius 3 is 2.75 bits per heavy atom. The van der Waals surface area contributed by atoms with E-state index in [0.717, 1.165) is 24.7 Å². The predicted octanol–water partition coefficient (Wildman–Crippen LogP) is 4.72.